The van der Waals surface area contributed by atoms with Gasteiger partial charge in [0.2, 0.25) is 0 Å². The van der Waals surface area contributed by atoms with E-state index in [1.54, 1.807) is 0 Å². The fourth-order valence-electron chi connectivity index (χ4n) is 1.04. The van der Waals surface area contributed by atoms with Crippen molar-refractivity contribution in [2.24, 2.45) is 0 Å². The van der Waals surface area contributed by atoms with Crippen molar-refractivity contribution < 1.29 is 0 Å². The number of rotatable bonds is 1. The van der Waals surface area contributed by atoms with Gasteiger partial charge in [-0.1, -0.05) is 0 Å². The summed E-state index contributed by atoms with van der Waals surface area (Å²) in [5.74, 6) is 0. The van der Waals surface area contributed by atoms with Crippen molar-refractivity contribution in [2.75, 3.05) is 0 Å². The standard InChI is InChI=1S/C7H4N.3CH3.Sn/c8-6-7-4-2-1-3-5-7;;;;/h2-5H;3*1H3;. The van der Waals surface area contributed by atoms with Crippen LogP contribution in [0.15, 0.2) is 24.3 Å². The van der Waals surface area contributed by atoms with E-state index in [4.69, 9.17) is 5.26 Å². The number of hydrogen-bond donors (Lipinski definition) is 0. The molecule has 0 aliphatic rings. The van der Waals surface area contributed by atoms with Crippen LogP contribution in [0.2, 0.25) is 14.8 Å². The van der Waals surface area contributed by atoms with E-state index in [1.165, 1.54) is 3.58 Å². The number of benzene rings is 1. The molecule has 12 heavy (non-hydrogen) atoms. The molecule has 1 rings (SSSR count). The van der Waals surface area contributed by atoms with Crippen LogP contribution >= 0.6 is 0 Å². The number of hydrogen-bond acceptors (Lipinski definition) is 1. The minimum atomic E-state index is -1.87. The molecule has 0 unspecified atom stereocenters. The molecule has 0 atom stereocenters. The first kappa shape index (κ1) is 9.60. The number of nitriles is 1. The molecule has 62 valence electrons. The summed E-state index contributed by atoms with van der Waals surface area (Å²) in [6.07, 6.45) is 0. The van der Waals surface area contributed by atoms with E-state index in [0.717, 1.165) is 5.56 Å². The Kier molecular flexibility index (Phi) is 2.79. The topological polar surface area (TPSA) is 23.8 Å². The Morgan fingerprint density at radius 1 is 1.08 bits per heavy atom. The first-order valence-corrected chi connectivity index (χ1v) is 14.0. The normalized spacial score (nSPS) is 10.8. The summed E-state index contributed by atoms with van der Waals surface area (Å²) in [5, 5.41) is 8.60. The Morgan fingerprint density at radius 3 is 1.92 bits per heavy atom. The molecule has 0 bridgehead atoms. The second kappa shape index (κ2) is 3.49. The second-order valence-electron chi connectivity index (χ2n) is 3.94. The van der Waals surface area contributed by atoms with Crippen LogP contribution in [-0.4, -0.2) is 18.4 Å². The summed E-state index contributed by atoms with van der Waals surface area (Å²) >= 11 is -1.87. The first-order chi connectivity index (χ1) is 5.54. The molecule has 1 nitrogen and oxygen atoms in total. The van der Waals surface area contributed by atoms with Gasteiger partial charge in [0.15, 0.2) is 0 Å². The zero-order chi connectivity index (χ0) is 9.19. The molecule has 0 aliphatic heterocycles. The second-order valence-corrected chi connectivity index (χ2v) is 18.4. The third-order valence-electron chi connectivity index (χ3n) is 1.88. The first-order valence-electron chi connectivity index (χ1n) is 4.04. The Balaban J connectivity index is 3.02. The maximum absolute atomic E-state index is 8.60. The van der Waals surface area contributed by atoms with Gasteiger partial charge in [0.25, 0.3) is 0 Å². The van der Waals surface area contributed by atoms with Crippen LogP contribution in [0.3, 0.4) is 0 Å². The van der Waals surface area contributed by atoms with Crippen LogP contribution in [0.1, 0.15) is 5.56 Å². The van der Waals surface area contributed by atoms with Gasteiger partial charge in [0.05, 0.1) is 0 Å². The van der Waals surface area contributed by atoms with Crippen molar-refractivity contribution in [3.8, 4) is 6.07 Å². The fourth-order valence-corrected chi connectivity index (χ4v) is 4.37. The zero-order valence-corrected chi connectivity index (χ0v) is 10.6. The van der Waals surface area contributed by atoms with Gasteiger partial charge < -0.3 is 0 Å². The molecule has 0 radical (unpaired) electrons. The Bertz CT molecular complexity index is 300. The zero-order valence-electron chi connectivity index (χ0n) is 7.76. The summed E-state index contributed by atoms with van der Waals surface area (Å²) in [5.41, 5.74) is 0.759. The molecule has 2 heteroatoms. The number of nitrogens with zero attached hydrogens (tertiary/aromatic N) is 1. The molecule has 1 aromatic carbocycles. The van der Waals surface area contributed by atoms with Gasteiger partial charge in [-0.05, 0) is 0 Å². The van der Waals surface area contributed by atoms with Gasteiger partial charge in [-0.15, -0.1) is 0 Å². The van der Waals surface area contributed by atoms with Gasteiger partial charge >= 0.3 is 77.9 Å². The molecule has 0 saturated carbocycles. The minimum absolute atomic E-state index is 0.759. The van der Waals surface area contributed by atoms with Crippen LogP contribution in [-0.2, 0) is 0 Å². The molecule has 1 aromatic rings. The van der Waals surface area contributed by atoms with Crippen molar-refractivity contribution in [3.05, 3.63) is 29.8 Å². The SMILES string of the molecule is [CH3][Sn]([CH3])([CH3])[c]1ccc(C#N)cc1. The van der Waals surface area contributed by atoms with Crippen LogP contribution in [0.5, 0.6) is 0 Å². The van der Waals surface area contributed by atoms with Gasteiger partial charge in [0.1, 0.15) is 0 Å². The van der Waals surface area contributed by atoms with Gasteiger partial charge in [-0.3, -0.25) is 0 Å². The van der Waals surface area contributed by atoms with Crippen molar-refractivity contribution in [1.29, 1.82) is 5.26 Å². The van der Waals surface area contributed by atoms with Crippen LogP contribution in [0.25, 0.3) is 0 Å². The summed E-state index contributed by atoms with van der Waals surface area (Å²) in [6.45, 7) is 0. The molecule has 0 fully saturated rings. The molecule has 0 heterocycles. The predicted octanol–water partition coefficient (Wildman–Crippen LogP) is 2.10. The fraction of sp³-hybridized carbons (Fsp3) is 0.300. The predicted molar refractivity (Wildman–Crippen MR) is 54.1 cm³/mol. The van der Waals surface area contributed by atoms with E-state index in [1.807, 2.05) is 12.1 Å². The van der Waals surface area contributed by atoms with Crippen LogP contribution < -0.4 is 3.58 Å². The van der Waals surface area contributed by atoms with Crippen LogP contribution in [0.4, 0.5) is 0 Å². The third-order valence-corrected chi connectivity index (χ3v) is 7.77. The van der Waals surface area contributed by atoms with E-state index < -0.39 is 18.4 Å². The third kappa shape index (κ3) is 2.25. The average Bonchev–Trinajstić information content (AvgIpc) is 2.03. The molecular weight excluding hydrogens is 253 g/mol. The van der Waals surface area contributed by atoms with Gasteiger partial charge in [0, 0.05) is 0 Å². The maximum atomic E-state index is 8.60. The Labute approximate surface area is 77.9 Å². The monoisotopic (exact) mass is 267 g/mol. The van der Waals surface area contributed by atoms with Crippen molar-refractivity contribution >= 4 is 22.0 Å². The molecule has 0 aliphatic carbocycles. The summed E-state index contributed by atoms with van der Waals surface area (Å²) in [6, 6.07) is 10.2. The van der Waals surface area contributed by atoms with E-state index in [9.17, 15) is 0 Å². The van der Waals surface area contributed by atoms with E-state index in [2.05, 4.69) is 33.0 Å². The molecule has 0 N–H and O–H groups in total. The Hall–Kier alpha value is -0.491. The molecule has 0 spiro atoms. The van der Waals surface area contributed by atoms with Gasteiger partial charge in [-0.25, -0.2) is 0 Å². The van der Waals surface area contributed by atoms with Crippen molar-refractivity contribution in [3.63, 3.8) is 0 Å². The quantitative estimate of drug-likeness (QED) is 0.714. The molecular formula is C10H13NSn. The molecule has 0 aromatic heterocycles. The molecule has 0 amide bonds. The summed E-state index contributed by atoms with van der Waals surface area (Å²) < 4.78 is 1.48. The summed E-state index contributed by atoms with van der Waals surface area (Å²) in [7, 11) is 0. The molecule has 0 saturated heterocycles. The van der Waals surface area contributed by atoms with E-state index >= 15 is 0 Å². The van der Waals surface area contributed by atoms with Gasteiger partial charge in [-0.2, -0.15) is 0 Å². The van der Waals surface area contributed by atoms with E-state index in [-0.39, 0.29) is 0 Å². The Morgan fingerprint density at radius 2 is 1.58 bits per heavy atom. The van der Waals surface area contributed by atoms with Crippen molar-refractivity contribution in [1.82, 2.24) is 0 Å². The van der Waals surface area contributed by atoms with Crippen LogP contribution in [0, 0.1) is 11.3 Å². The average molecular weight is 266 g/mol. The van der Waals surface area contributed by atoms with E-state index in [0.29, 0.717) is 0 Å². The summed E-state index contributed by atoms with van der Waals surface area (Å²) in [4.78, 5) is 7.11. The van der Waals surface area contributed by atoms with Crippen molar-refractivity contribution in [2.45, 2.75) is 14.8 Å².